The Bertz CT molecular complexity index is 694. The molecule has 0 aliphatic heterocycles. The van der Waals surface area contributed by atoms with E-state index in [9.17, 15) is 9.90 Å². The molecule has 1 saturated carbocycles. The molecule has 0 saturated heterocycles. The summed E-state index contributed by atoms with van der Waals surface area (Å²) in [6.07, 6.45) is 2.30. The molecule has 1 heterocycles. The van der Waals surface area contributed by atoms with Crippen LogP contribution in [0.3, 0.4) is 0 Å². The van der Waals surface area contributed by atoms with Crippen LogP contribution in [0, 0.1) is 12.3 Å². The largest absolute Gasteiger partial charge is 0.481 e. The number of carboxylic acids is 1. The number of aromatic nitrogens is 4. The summed E-state index contributed by atoms with van der Waals surface area (Å²) in [6.45, 7) is 2.32. The quantitative estimate of drug-likeness (QED) is 0.916. The van der Waals surface area contributed by atoms with Gasteiger partial charge in [0.25, 0.3) is 0 Å². The molecule has 1 N–H and O–H groups in total. The monoisotopic (exact) mass is 350 g/mol. The van der Waals surface area contributed by atoms with Crippen LogP contribution in [0.5, 0.6) is 0 Å². The number of hydrogen-bond acceptors (Lipinski definition) is 4. The van der Waals surface area contributed by atoms with Crippen molar-refractivity contribution in [3.05, 3.63) is 28.2 Å². The molecular formula is C14H15BrN4O2. The Morgan fingerprint density at radius 2 is 2.24 bits per heavy atom. The van der Waals surface area contributed by atoms with E-state index in [1.54, 1.807) is 4.68 Å². The van der Waals surface area contributed by atoms with Crippen molar-refractivity contribution in [2.75, 3.05) is 0 Å². The van der Waals surface area contributed by atoms with Gasteiger partial charge < -0.3 is 5.11 Å². The molecule has 0 bridgehead atoms. The zero-order chi connectivity index (χ0) is 15.0. The average molecular weight is 351 g/mol. The summed E-state index contributed by atoms with van der Waals surface area (Å²) in [7, 11) is 0. The zero-order valence-corrected chi connectivity index (χ0v) is 13.2. The van der Waals surface area contributed by atoms with Gasteiger partial charge in [0.1, 0.15) is 0 Å². The molecule has 21 heavy (non-hydrogen) atoms. The van der Waals surface area contributed by atoms with Gasteiger partial charge in [-0.25, -0.2) is 4.68 Å². The molecule has 0 amide bonds. The molecule has 1 fully saturated rings. The van der Waals surface area contributed by atoms with Crippen molar-refractivity contribution >= 4 is 21.9 Å². The van der Waals surface area contributed by atoms with Crippen LogP contribution in [0.4, 0.5) is 0 Å². The number of rotatable bonds is 4. The number of carboxylic acid groups (broad SMARTS) is 1. The van der Waals surface area contributed by atoms with Crippen LogP contribution in [0.1, 0.15) is 24.8 Å². The Morgan fingerprint density at radius 1 is 1.48 bits per heavy atom. The Morgan fingerprint density at radius 3 is 2.81 bits per heavy atom. The second kappa shape index (κ2) is 5.22. The molecule has 7 heteroatoms. The highest BCUT2D eigenvalue weighted by Gasteiger charge is 2.45. The summed E-state index contributed by atoms with van der Waals surface area (Å²) in [5.74, 6) is -0.174. The summed E-state index contributed by atoms with van der Waals surface area (Å²) < 4.78 is 2.50. The van der Waals surface area contributed by atoms with E-state index in [0.717, 1.165) is 22.0 Å². The van der Waals surface area contributed by atoms with Crippen molar-refractivity contribution in [1.29, 1.82) is 0 Å². The molecule has 2 aromatic rings. The number of benzene rings is 1. The minimum absolute atomic E-state index is 0.310. The molecule has 1 aliphatic rings. The molecule has 3 rings (SSSR count). The number of hydrogen-bond donors (Lipinski definition) is 1. The number of nitrogens with zero attached hydrogens (tertiary/aromatic N) is 4. The van der Waals surface area contributed by atoms with E-state index < -0.39 is 11.4 Å². The van der Waals surface area contributed by atoms with Gasteiger partial charge in [-0.15, -0.1) is 5.10 Å². The maximum Gasteiger partial charge on any atom is 0.311 e. The Labute approximate surface area is 130 Å². The highest BCUT2D eigenvalue weighted by atomic mass is 79.9. The van der Waals surface area contributed by atoms with E-state index >= 15 is 0 Å². The van der Waals surface area contributed by atoms with Crippen LogP contribution >= 0.6 is 15.9 Å². The van der Waals surface area contributed by atoms with Crippen molar-refractivity contribution in [1.82, 2.24) is 20.2 Å². The second-order valence-corrected chi connectivity index (χ2v) is 6.44. The third kappa shape index (κ3) is 2.46. The zero-order valence-electron chi connectivity index (χ0n) is 11.6. The second-order valence-electron chi connectivity index (χ2n) is 5.58. The van der Waals surface area contributed by atoms with Gasteiger partial charge in [-0.1, -0.05) is 28.4 Å². The maximum absolute atomic E-state index is 11.5. The van der Waals surface area contributed by atoms with Crippen molar-refractivity contribution in [2.45, 2.75) is 32.7 Å². The minimum Gasteiger partial charge on any atom is -0.481 e. The van der Waals surface area contributed by atoms with Gasteiger partial charge in [-0.2, -0.15) is 0 Å². The average Bonchev–Trinajstić information content (AvgIpc) is 2.81. The van der Waals surface area contributed by atoms with E-state index in [4.69, 9.17) is 0 Å². The van der Waals surface area contributed by atoms with Crippen LogP contribution in [0.2, 0.25) is 0 Å². The fourth-order valence-corrected chi connectivity index (χ4v) is 3.31. The third-order valence-electron chi connectivity index (χ3n) is 4.11. The molecule has 0 spiro atoms. The predicted molar refractivity (Wildman–Crippen MR) is 79.6 cm³/mol. The topological polar surface area (TPSA) is 80.9 Å². The van der Waals surface area contributed by atoms with Crippen LogP contribution in [0.15, 0.2) is 22.7 Å². The predicted octanol–water partition coefficient (Wildman–Crippen LogP) is 2.67. The maximum atomic E-state index is 11.5. The number of tetrazole rings is 1. The van der Waals surface area contributed by atoms with Crippen LogP contribution < -0.4 is 0 Å². The van der Waals surface area contributed by atoms with Gasteiger partial charge in [0.05, 0.1) is 12.0 Å². The lowest BCUT2D eigenvalue weighted by Gasteiger charge is -2.37. The molecule has 6 nitrogen and oxygen atoms in total. The number of carbonyl (C=O) groups is 1. The van der Waals surface area contributed by atoms with Crippen LogP contribution in [-0.2, 0) is 11.3 Å². The Hall–Kier alpha value is -1.76. The number of aliphatic carboxylic acids is 1. The van der Waals surface area contributed by atoms with E-state index in [-0.39, 0.29) is 0 Å². The van der Waals surface area contributed by atoms with Crippen LogP contribution in [-0.4, -0.2) is 31.3 Å². The third-order valence-corrected chi connectivity index (χ3v) is 4.77. The smallest absolute Gasteiger partial charge is 0.311 e. The normalized spacial score (nSPS) is 16.5. The molecular weight excluding hydrogens is 336 g/mol. The van der Waals surface area contributed by atoms with E-state index in [2.05, 4.69) is 31.5 Å². The molecule has 1 aromatic heterocycles. The van der Waals surface area contributed by atoms with Crippen molar-refractivity contribution in [3.63, 3.8) is 0 Å². The Balaban J connectivity index is 1.96. The first-order chi connectivity index (χ1) is 10.0. The summed E-state index contributed by atoms with van der Waals surface area (Å²) in [5, 5.41) is 21.2. The van der Waals surface area contributed by atoms with Crippen molar-refractivity contribution in [3.8, 4) is 11.4 Å². The van der Waals surface area contributed by atoms with Gasteiger partial charge in [0.2, 0.25) is 0 Å². The standard InChI is InChI=1S/C14H15BrN4O2/c1-9-3-4-10(11(15)7-9)12-16-17-18-19(12)8-14(13(20)21)5-2-6-14/h3-4,7H,2,5-6,8H2,1H3,(H,20,21). The minimum atomic E-state index is -0.766. The molecule has 0 radical (unpaired) electrons. The highest BCUT2D eigenvalue weighted by molar-refractivity contribution is 9.10. The lowest BCUT2D eigenvalue weighted by atomic mass is 9.69. The lowest BCUT2D eigenvalue weighted by molar-refractivity contribution is -0.156. The first-order valence-electron chi connectivity index (χ1n) is 6.78. The Kier molecular flexibility index (Phi) is 3.52. The molecule has 0 atom stereocenters. The summed E-state index contributed by atoms with van der Waals surface area (Å²) in [6, 6.07) is 5.91. The number of aryl methyl sites for hydroxylation is 1. The van der Waals surface area contributed by atoms with Crippen LogP contribution in [0.25, 0.3) is 11.4 Å². The highest BCUT2D eigenvalue weighted by Crippen LogP contribution is 2.43. The molecule has 0 unspecified atom stereocenters. The first-order valence-corrected chi connectivity index (χ1v) is 7.57. The summed E-state index contributed by atoms with van der Waals surface area (Å²) >= 11 is 3.52. The first kappa shape index (κ1) is 14.2. The fourth-order valence-electron chi connectivity index (χ4n) is 2.64. The van der Waals surface area contributed by atoms with Crippen molar-refractivity contribution < 1.29 is 9.90 Å². The summed E-state index contributed by atoms with van der Waals surface area (Å²) in [4.78, 5) is 11.5. The van der Waals surface area contributed by atoms with E-state index in [1.807, 2.05) is 25.1 Å². The molecule has 1 aromatic carbocycles. The van der Waals surface area contributed by atoms with E-state index in [1.165, 1.54) is 0 Å². The lowest BCUT2D eigenvalue weighted by Crippen LogP contribution is -2.42. The van der Waals surface area contributed by atoms with Gasteiger partial charge in [-0.05, 0) is 47.9 Å². The van der Waals surface area contributed by atoms with Gasteiger partial charge >= 0.3 is 5.97 Å². The van der Waals surface area contributed by atoms with Gasteiger partial charge in [0, 0.05) is 10.0 Å². The van der Waals surface area contributed by atoms with Gasteiger partial charge in [0.15, 0.2) is 5.82 Å². The van der Waals surface area contributed by atoms with Crippen molar-refractivity contribution in [2.24, 2.45) is 5.41 Å². The fraction of sp³-hybridized carbons (Fsp3) is 0.429. The number of halogens is 1. The van der Waals surface area contributed by atoms with Gasteiger partial charge in [-0.3, -0.25) is 4.79 Å². The summed E-state index contributed by atoms with van der Waals surface area (Å²) in [5.41, 5.74) is 1.28. The van der Waals surface area contributed by atoms with E-state index in [0.29, 0.717) is 25.2 Å². The molecule has 1 aliphatic carbocycles. The molecule has 110 valence electrons. The SMILES string of the molecule is Cc1ccc(-c2nnnn2CC2(C(=O)O)CCC2)c(Br)c1.